The first-order valence-corrected chi connectivity index (χ1v) is 10.0. The standard InChI is InChI=1S/C20H22N4O3S/c1-11-9-14(13(3)28-11)16-10-15(18-12(2)22-27-19(18)21-16)20(26)24-6-5-17(25)23(4)7-8-24/h9-10H,5-8H2,1-4H3. The van der Waals surface area contributed by atoms with Gasteiger partial charge in [0.1, 0.15) is 0 Å². The Morgan fingerprint density at radius 3 is 2.68 bits per heavy atom. The minimum Gasteiger partial charge on any atom is -0.344 e. The van der Waals surface area contributed by atoms with Gasteiger partial charge in [-0.05, 0) is 32.9 Å². The Morgan fingerprint density at radius 1 is 1.18 bits per heavy atom. The third kappa shape index (κ3) is 3.17. The number of nitrogens with zero attached hydrogens (tertiary/aromatic N) is 4. The zero-order chi connectivity index (χ0) is 20.0. The average molecular weight is 398 g/mol. The second kappa shape index (κ2) is 7.01. The van der Waals surface area contributed by atoms with E-state index in [-0.39, 0.29) is 11.8 Å². The van der Waals surface area contributed by atoms with Crippen LogP contribution >= 0.6 is 11.3 Å². The second-order valence-corrected chi connectivity index (χ2v) is 8.65. The molecule has 0 unspecified atom stereocenters. The molecular formula is C20H22N4O3S. The summed E-state index contributed by atoms with van der Waals surface area (Å²) in [7, 11) is 1.77. The Kier molecular flexibility index (Phi) is 4.66. The first kappa shape index (κ1) is 18.6. The number of hydrogen-bond donors (Lipinski definition) is 0. The van der Waals surface area contributed by atoms with E-state index in [1.165, 1.54) is 4.88 Å². The fraction of sp³-hybridized carbons (Fsp3) is 0.400. The number of carbonyl (C=O) groups is 2. The van der Waals surface area contributed by atoms with Crippen LogP contribution in [0.15, 0.2) is 16.7 Å². The summed E-state index contributed by atoms with van der Waals surface area (Å²) >= 11 is 1.70. The molecule has 28 heavy (non-hydrogen) atoms. The summed E-state index contributed by atoms with van der Waals surface area (Å²) in [5.74, 6) is -0.0611. The number of hydrogen-bond acceptors (Lipinski definition) is 6. The average Bonchev–Trinajstić information content (AvgIpc) is 3.15. The quantitative estimate of drug-likeness (QED) is 0.662. The third-order valence-corrected chi connectivity index (χ3v) is 6.14. The van der Waals surface area contributed by atoms with Gasteiger partial charge in [0.25, 0.3) is 11.6 Å². The predicted molar refractivity (Wildman–Crippen MR) is 107 cm³/mol. The second-order valence-electron chi connectivity index (χ2n) is 7.19. The molecule has 3 aromatic heterocycles. The van der Waals surface area contributed by atoms with Gasteiger partial charge in [0, 0.05) is 48.4 Å². The van der Waals surface area contributed by atoms with Gasteiger partial charge in [-0.1, -0.05) is 5.16 Å². The van der Waals surface area contributed by atoms with Gasteiger partial charge < -0.3 is 14.3 Å². The number of thiophene rings is 1. The third-order valence-electron chi connectivity index (χ3n) is 5.18. The van der Waals surface area contributed by atoms with Crippen molar-refractivity contribution in [2.24, 2.45) is 0 Å². The van der Waals surface area contributed by atoms with Crippen molar-refractivity contribution < 1.29 is 14.1 Å². The van der Waals surface area contributed by atoms with Crippen molar-refractivity contribution in [3.8, 4) is 11.3 Å². The lowest BCUT2D eigenvalue weighted by molar-refractivity contribution is -0.129. The highest BCUT2D eigenvalue weighted by atomic mass is 32.1. The Hall–Kier alpha value is -2.74. The number of aromatic nitrogens is 2. The molecule has 1 saturated heterocycles. The molecule has 1 aliphatic heterocycles. The van der Waals surface area contributed by atoms with Crippen LogP contribution in [-0.2, 0) is 4.79 Å². The number of amides is 2. The summed E-state index contributed by atoms with van der Waals surface area (Å²) in [4.78, 5) is 35.7. The van der Waals surface area contributed by atoms with Gasteiger partial charge in [-0.15, -0.1) is 11.3 Å². The van der Waals surface area contributed by atoms with Gasteiger partial charge in [-0.3, -0.25) is 9.59 Å². The van der Waals surface area contributed by atoms with Gasteiger partial charge in [0.05, 0.1) is 22.3 Å². The van der Waals surface area contributed by atoms with E-state index in [4.69, 9.17) is 4.52 Å². The van der Waals surface area contributed by atoms with Crippen LogP contribution in [-0.4, -0.2) is 58.4 Å². The fourth-order valence-corrected chi connectivity index (χ4v) is 4.52. The molecule has 0 spiro atoms. The summed E-state index contributed by atoms with van der Waals surface area (Å²) in [5.41, 5.74) is 3.23. The predicted octanol–water partition coefficient (Wildman–Crippen LogP) is 3.18. The van der Waals surface area contributed by atoms with E-state index in [2.05, 4.69) is 23.1 Å². The molecular weight excluding hydrogens is 376 g/mol. The van der Waals surface area contributed by atoms with Crippen molar-refractivity contribution in [2.75, 3.05) is 26.7 Å². The lowest BCUT2D eigenvalue weighted by atomic mass is 10.0. The fourth-order valence-electron chi connectivity index (χ4n) is 3.59. The molecule has 1 aliphatic rings. The van der Waals surface area contributed by atoms with Crippen LogP contribution in [0.4, 0.5) is 0 Å². The van der Waals surface area contributed by atoms with Crippen LogP contribution < -0.4 is 0 Å². The number of rotatable bonds is 2. The highest BCUT2D eigenvalue weighted by Gasteiger charge is 2.27. The minimum atomic E-state index is -0.118. The molecule has 7 nitrogen and oxygen atoms in total. The highest BCUT2D eigenvalue weighted by Crippen LogP contribution is 2.33. The molecule has 2 amide bonds. The molecule has 3 aromatic rings. The Morgan fingerprint density at radius 2 is 1.96 bits per heavy atom. The molecule has 0 aromatic carbocycles. The lowest BCUT2D eigenvalue weighted by Gasteiger charge is -2.21. The number of fused-ring (bicyclic) bond motifs is 1. The zero-order valence-electron chi connectivity index (χ0n) is 16.4. The van der Waals surface area contributed by atoms with Crippen LogP contribution in [0.5, 0.6) is 0 Å². The molecule has 0 radical (unpaired) electrons. The van der Waals surface area contributed by atoms with Crippen LogP contribution in [0.2, 0.25) is 0 Å². The van der Waals surface area contributed by atoms with Gasteiger partial charge in [0.2, 0.25) is 5.91 Å². The monoisotopic (exact) mass is 398 g/mol. The minimum absolute atomic E-state index is 0.0568. The van der Waals surface area contributed by atoms with E-state index in [0.717, 1.165) is 10.4 Å². The molecule has 4 rings (SSSR count). The molecule has 0 bridgehead atoms. The van der Waals surface area contributed by atoms with Crippen molar-refractivity contribution >= 4 is 34.3 Å². The van der Waals surface area contributed by atoms with Crippen molar-refractivity contribution in [3.05, 3.63) is 33.1 Å². The van der Waals surface area contributed by atoms with E-state index in [0.29, 0.717) is 54.1 Å². The maximum absolute atomic E-state index is 13.4. The summed E-state index contributed by atoms with van der Waals surface area (Å²) in [6.07, 6.45) is 0.328. The molecule has 1 fully saturated rings. The number of pyridine rings is 1. The molecule has 146 valence electrons. The van der Waals surface area contributed by atoms with Crippen molar-refractivity contribution in [1.29, 1.82) is 0 Å². The summed E-state index contributed by atoms with van der Waals surface area (Å²) in [6.45, 7) is 7.33. The molecule has 0 saturated carbocycles. The SMILES string of the molecule is Cc1cc(-c2cc(C(=O)N3CCC(=O)N(C)CC3)c3c(C)noc3n2)c(C)s1. The van der Waals surface area contributed by atoms with Crippen LogP contribution in [0, 0.1) is 20.8 Å². The molecule has 0 N–H and O–H groups in total. The number of aryl methyl sites for hydroxylation is 3. The van der Waals surface area contributed by atoms with Crippen molar-refractivity contribution in [2.45, 2.75) is 27.2 Å². The van der Waals surface area contributed by atoms with E-state index >= 15 is 0 Å². The van der Waals surface area contributed by atoms with Crippen molar-refractivity contribution in [3.63, 3.8) is 0 Å². The van der Waals surface area contributed by atoms with Gasteiger partial charge in [-0.25, -0.2) is 4.98 Å². The largest absolute Gasteiger partial charge is 0.344 e. The zero-order valence-corrected chi connectivity index (χ0v) is 17.2. The summed E-state index contributed by atoms with van der Waals surface area (Å²) in [5, 5.41) is 4.66. The normalized spacial score (nSPS) is 15.4. The molecule has 8 heteroatoms. The number of likely N-dealkylation sites (N-methyl/N-ethyl adjacent to an activating group) is 1. The number of carbonyl (C=O) groups excluding carboxylic acids is 2. The van der Waals surface area contributed by atoms with E-state index in [1.54, 1.807) is 28.2 Å². The van der Waals surface area contributed by atoms with E-state index < -0.39 is 0 Å². The lowest BCUT2D eigenvalue weighted by Crippen LogP contribution is -2.34. The van der Waals surface area contributed by atoms with Crippen LogP contribution in [0.1, 0.15) is 32.2 Å². The topological polar surface area (TPSA) is 79.5 Å². The Bertz CT molecular complexity index is 1080. The van der Waals surface area contributed by atoms with Crippen LogP contribution in [0.3, 0.4) is 0 Å². The Balaban J connectivity index is 1.81. The van der Waals surface area contributed by atoms with Gasteiger partial charge in [-0.2, -0.15) is 0 Å². The molecule has 0 atom stereocenters. The van der Waals surface area contributed by atoms with E-state index in [9.17, 15) is 9.59 Å². The maximum Gasteiger partial charge on any atom is 0.259 e. The molecule has 0 aliphatic carbocycles. The summed E-state index contributed by atoms with van der Waals surface area (Å²) < 4.78 is 5.40. The van der Waals surface area contributed by atoms with Gasteiger partial charge in [0.15, 0.2) is 0 Å². The molecule has 4 heterocycles. The maximum atomic E-state index is 13.4. The highest BCUT2D eigenvalue weighted by molar-refractivity contribution is 7.12. The Labute approximate surface area is 166 Å². The smallest absolute Gasteiger partial charge is 0.259 e. The first-order valence-electron chi connectivity index (χ1n) is 9.23. The van der Waals surface area contributed by atoms with Crippen LogP contribution in [0.25, 0.3) is 22.4 Å². The first-order chi connectivity index (χ1) is 13.3. The van der Waals surface area contributed by atoms with Crippen molar-refractivity contribution in [1.82, 2.24) is 19.9 Å². The summed E-state index contributed by atoms with van der Waals surface area (Å²) in [6, 6.07) is 3.91. The van der Waals surface area contributed by atoms with E-state index in [1.807, 2.05) is 19.9 Å². The van der Waals surface area contributed by atoms with Gasteiger partial charge >= 0.3 is 0 Å².